The molecule has 0 aromatic carbocycles. The van der Waals surface area contributed by atoms with Gasteiger partial charge in [-0.1, -0.05) is 6.92 Å². The van der Waals surface area contributed by atoms with Crippen molar-refractivity contribution in [3.8, 4) is 11.5 Å². The second-order valence-electron chi connectivity index (χ2n) is 5.33. The summed E-state index contributed by atoms with van der Waals surface area (Å²) in [5.74, 6) is 2.66. The van der Waals surface area contributed by atoms with Gasteiger partial charge in [-0.05, 0) is 37.8 Å². The van der Waals surface area contributed by atoms with Gasteiger partial charge in [0.15, 0.2) is 5.76 Å². The molecule has 0 amide bonds. The Morgan fingerprint density at radius 1 is 1.44 bits per heavy atom. The maximum atomic E-state index is 5.63. The molecule has 2 aromatic heterocycles. The third kappa shape index (κ3) is 2.20. The van der Waals surface area contributed by atoms with Crippen molar-refractivity contribution in [2.75, 3.05) is 0 Å². The zero-order valence-electron chi connectivity index (χ0n) is 10.9. The third-order valence-corrected chi connectivity index (χ3v) is 3.66. The molecule has 4 nitrogen and oxygen atoms in total. The molecule has 0 radical (unpaired) electrons. The van der Waals surface area contributed by atoms with E-state index in [1.165, 1.54) is 18.4 Å². The summed E-state index contributed by atoms with van der Waals surface area (Å²) in [6.07, 6.45) is 4.45. The van der Waals surface area contributed by atoms with Gasteiger partial charge in [0, 0.05) is 18.2 Å². The number of nitrogens with zero attached hydrogens (tertiary/aromatic N) is 1. The molecule has 4 heteroatoms. The highest BCUT2D eigenvalue weighted by Gasteiger charge is 2.25. The van der Waals surface area contributed by atoms with Crippen molar-refractivity contribution >= 4 is 0 Å². The number of H-pyrrole nitrogens is 1. The van der Waals surface area contributed by atoms with E-state index in [-0.39, 0.29) is 0 Å². The van der Waals surface area contributed by atoms with E-state index in [0.717, 1.165) is 29.7 Å². The first-order chi connectivity index (χ1) is 8.72. The molecular weight excluding hydrogens is 226 g/mol. The molecule has 18 heavy (non-hydrogen) atoms. The highest BCUT2D eigenvalue weighted by Crippen LogP contribution is 2.28. The average molecular weight is 245 g/mol. The zero-order chi connectivity index (χ0) is 12.5. The predicted octanol–water partition coefficient (Wildman–Crippen LogP) is 2.87. The van der Waals surface area contributed by atoms with Gasteiger partial charge in [0.25, 0.3) is 0 Å². The minimum Gasteiger partial charge on any atom is -0.460 e. The van der Waals surface area contributed by atoms with Crippen molar-refractivity contribution in [3.63, 3.8) is 0 Å². The highest BCUT2D eigenvalue weighted by molar-refractivity contribution is 5.56. The van der Waals surface area contributed by atoms with E-state index in [1.54, 1.807) is 0 Å². The first-order valence-electron chi connectivity index (χ1n) is 6.55. The number of rotatable bonds is 4. The van der Waals surface area contributed by atoms with Crippen LogP contribution in [0.1, 0.15) is 31.1 Å². The molecule has 0 aliphatic heterocycles. The molecule has 1 saturated carbocycles. The molecule has 2 N–H and O–H groups in total. The fourth-order valence-electron chi connectivity index (χ4n) is 2.55. The van der Waals surface area contributed by atoms with Crippen LogP contribution in [0.5, 0.6) is 0 Å². The topological polar surface area (TPSA) is 53.9 Å². The number of aryl methyl sites for hydroxylation is 1. The summed E-state index contributed by atoms with van der Waals surface area (Å²) in [6, 6.07) is 4.62. The van der Waals surface area contributed by atoms with E-state index < -0.39 is 0 Å². The van der Waals surface area contributed by atoms with Crippen LogP contribution in [0, 0.1) is 12.8 Å². The molecule has 3 rings (SSSR count). The lowest BCUT2D eigenvalue weighted by atomic mass is 9.82. The summed E-state index contributed by atoms with van der Waals surface area (Å²) >= 11 is 0. The normalized spacial score (nSPS) is 23.0. The first kappa shape index (κ1) is 11.5. The molecule has 1 fully saturated rings. The Morgan fingerprint density at radius 2 is 2.28 bits per heavy atom. The highest BCUT2D eigenvalue weighted by atomic mass is 16.3. The minimum absolute atomic E-state index is 0.668. The Morgan fingerprint density at radius 3 is 2.94 bits per heavy atom. The molecule has 2 heterocycles. The molecule has 0 unspecified atom stereocenters. The lowest BCUT2D eigenvalue weighted by Crippen LogP contribution is -2.39. The van der Waals surface area contributed by atoms with E-state index in [2.05, 4.69) is 22.4 Å². The Hall–Kier alpha value is -1.55. The van der Waals surface area contributed by atoms with Crippen molar-refractivity contribution < 1.29 is 4.42 Å². The number of furan rings is 1. The van der Waals surface area contributed by atoms with Crippen molar-refractivity contribution in [2.45, 2.75) is 39.3 Å². The Kier molecular flexibility index (Phi) is 2.96. The van der Waals surface area contributed by atoms with Crippen LogP contribution >= 0.6 is 0 Å². The van der Waals surface area contributed by atoms with Crippen LogP contribution in [0.25, 0.3) is 11.5 Å². The maximum absolute atomic E-state index is 5.63. The van der Waals surface area contributed by atoms with Gasteiger partial charge in [-0.3, -0.25) is 5.10 Å². The molecular formula is C14H19N3O. The summed E-state index contributed by atoms with van der Waals surface area (Å²) in [7, 11) is 0. The Labute approximate surface area is 107 Å². The quantitative estimate of drug-likeness (QED) is 0.870. The largest absolute Gasteiger partial charge is 0.460 e. The second-order valence-corrected chi connectivity index (χ2v) is 5.33. The number of aromatic nitrogens is 2. The van der Waals surface area contributed by atoms with Gasteiger partial charge < -0.3 is 9.73 Å². The lowest BCUT2D eigenvalue weighted by molar-refractivity contribution is 0.240. The molecule has 0 bridgehead atoms. The van der Waals surface area contributed by atoms with E-state index in [0.29, 0.717) is 6.04 Å². The zero-order valence-corrected chi connectivity index (χ0v) is 10.9. The molecule has 0 spiro atoms. The average Bonchev–Trinajstić information content (AvgIpc) is 2.91. The van der Waals surface area contributed by atoms with E-state index >= 15 is 0 Å². The summed E-state index contributed by atoms with van der Waals surface area (Å²) in [5, 5.41) is 10.7. The molecule has 1 aliphatic carbocycles. The second kappa shape index (κ2) is 4.61. The summed E-state index contributed by atoms with van der Waals surface area (Å²) < 4.78 is 5.63. The van der Waals surface area contributed by atoms with Crippen molar-refractivity contribution in [3.05, 3.63) is 29.7 Å². The molecule has 2 aromatic rings. The molecule has 0 saturated heterocycles. The van der Waals surface area contributed by atoms with Crippen LogP contribution in [-0.4, -0.2) is 16.2 Å². The molecule has 0 atom stereocenters. The summed E-state index contributed by atoms with van der Waals surface area (Å²) in [5.41, 5.74) is 2.16. The number of hydrogen-bond donors (Lipinski definition) is 2. The predicted molar refractivity (Wildman–Crippen MR) is 70.1 cm³/mol. The number of hydrogen-bond acceptors (Lipinski definition) is 3. The van der Waals surface area contributed by atoms with Crippen LogP contribution in [0.4, 0.5) is 0 Å². The van der Waals surface area contributed by atoms with Crippen LogP contribution in [0.3, 0.4) is 0 Å². The van der Waals surface area contributed by atoms with E-state index in [1.807, 2.05) is 25.3 Å². The van der Waals surface area contributed by atoms with Crippen molar-refractivity contribution in [2.24, 2.45) is 5.92 Å². The number of nitrogens with one attached hydrogen (secondary N) is 2. The van der Waals surface area contributed by atoms with Crippen LogP contribution in [0.2, 0.25) is 0 Å². The molecule has 1 aliphatic rings. The van der Waals surface area contributed by atoms with E-state index in [4.69, 9.17) is 4.42 Å². The smallest absolute Gasteiger partial charge is 0.152 e. The fraction of sp³-hybridized carbons (Fsp3) is 0.500. The summed E-state index contributed by atoms with van der Waals surface area (Å²) in [4.78, 5) is 0. The Balaban J connectivity index is 1.68. The van der Waals surface area contributed by atoms with Gasteiger partial charge in [0.05, 0.1) is 6.20 Å². The maximum Gasteiger partial charge on any atom is 0.152 e. The van der Waals surface area contributed by atoms with Gasteiger partial charge in [-0.15, -0.1) is 0 Å². The standard InChI is InChI=1S/C14H19N3O/c1-9-5-12(6-9)15-7-11-8-16-17-14(11)13-4-3-10(2)18-13/h3-4,8-9,12,15H,5-7H2,1-2H3,(H,16,17). The van der Waals surface area contributed by atoms with E-state index in [9.17, 15) is 0 Å². The minimum atomic E-state index is 0.668. The van der Waals surface area contributed by atoms with Gasteiger partial charge >= 0.3 is 0 Å². The third-order valence-electron chi connectivity index (χ3n) is 3.66. The Bertz CT molecular complexity index is 523. The molecule has 96 valence electrons. The number of aromatic amines is 1. The summed E-state index contributed by atoms with van der Waals surface area (Å²) in [6.45, 7) is 5.10. The van der Waals surface area contributed by atoms with Crippen molar-refractivity contribution in [1.29, 1.82) is 0 Å². The first-order valence-corrected chi connectivity index (χ1v) is 6.55. The lowest BCUT2D eigenvalue weighted by Gasteiger charge is -2.33. The SMILES string of the molecule is Cc1ccc(-c2[nH]ncc2CNC2CC(C)C2)o1. The van der Waals surface area contributed by atoms with Gasteiger partial charge in [0.2, 0.25) is 0 Å². The monoisotopic (exact) mass is 245 g/mol. The van der Waals surface area contributed by atoms with Crippen LogP contribution in [-0.2, 0) is 6.54 Å². The van der Waals surface area contributed by atoms with Gasteiger partial charge in [-0.25, -0.2) is 0 Å². The van der Waals surface area contributed by atoms with Crippen molar-refractivity contribution in [1.82, 2.24) is 15.5 Å². The fourth-order valence-corrected chi connectivity index (χ4v) is 2.55. The van der Waals surface area contributed by atoms with Crippen LogP contribution < -0.4 is 5.32 Å². The van der Waals surface area contributed by atoms with Gasteiger partial charge in [-0.2, -0.15) is 5.10 Å². The van der Waals surface area contributed by atoms with Crippen LogP contribution in [0.15, 0.2) is 22.7 Å². The van der Waals surface area contributed by atoms with Gasteiger partial charge in [0.1, 0.15) is 11.5 Å².